The maximum Gasteiger partial charge on any atom is 0.194 e. The number of hydrogen-bond acceptors (Lipinski definition) is 3. The van der Waals surface area contributed by atoms with Gasteiger partial charge in [0, 0.05) is 22.7 Å². The van der Waals surface area contributed by atoms with Gasteiger partial charge in [0.15, 0.2) is 5.78 Å². The van der Waals surface area contributed by atoms with Crippen LogP contribution < -0.4 is 4.74 Å². The van der Waals surface area contributed by atoms with Crippen molar-refractivity contribution < 1.29 is 9.53 Å². The van der Waals surface area contributed by atoms with Gasteiger partial charge < -0.3 is 4.74 Å². The lowest BCUT2D eigenvalue weighted by Crippen LogP contribution is -2.05. The molecule has 26 heavy (non-hydrogen) atoms. The molecule has 0 saturated carbocycles. The van der Waals surface area contributed by atoms with Gasteiger partial charge in [-0.05, 0) is 55.0 Å². The van der Waals surface area contributed by atoms with Gasteiger partial charge in [0.1, 0.15) is 11.5 Å². The Morgan fingerprint density at radius 3 is 2.23 bits per heavy atom. The zero-order valence-corrected chi connectivity index (χ0v) is 14.3. The molecule has 0 amide bonds. The number of aromatic nitrogens is 1. The quantitative estimate of drug-likeness (QED) is 0.457. The molecule has 0 aliphatic rings. The average Bonchev–Trinajstić information content (AvgIpc) is 2.69. The second kappa shape index (κ2) is 6.81. The van der Waals surface area contributed by atoms with Crippen molar-refractivity contribution in [2.75, 3.05) is 0 Å². The van der Waals surface area contributed by atoms with E-state index in [4.69, 9.17) is 4.74 Å². The van der Waals surface area contributed by atoms with E-state index >= 15 is 0 Å². The molecule has 0 spiro atoms. The van der Waals surface area contributed by atoms with Gasteiger partial charge in [0.25, 0.3) is 0 Å². The smallest absolute Gasteiger partial charge is 0.194 e. The third-order valence-corrected chi connectivity index (χ3v) is 4.38. The molecule has 0 aliphatic carbocycles. The van der Waals surface area contributed by atoms with Crippen molar-refractivity contribution in [3.8, 4) is 11.5 Å². The summed E-state index contributed by atoms with van der Waals surface area (Å²) in [5.74, 6) is 1.43. The molecule has 0 N–H and O–H groups in total. The standard InChI is InChI=1S/C23H17NO2/c1-16-20-9-5-6-10-22(20)24-15-21(16)23(25)17-11-13-19(14-12-17)26-18-7-3-2-4-8-18/h2-15H,1H3. The fourth-order valence-electron chi connectivity index (χ4n) is 2.96. The molecule has 0 unspecified atom stereocenters. The summed E-state index contributed by atoms with van der Waals surface area (Å²) in [6, 6.07) is 24.6. The number of ketones is 1. The third-order valence-electron chi connectivity index (χ3n) is 4.38. The number of benzene rings is 3. The van der Waals surface area contributed by atoms with Crippen molar-refractivity contribution in [1.29, 1.82) is 0 Å². The second-order valence-electron chi connectivity index (χ2n) is 6.08. The Morgan fingerprint density at radius 2 is 1.46 bits per heavy atom. The minimum Gasteiger partial charge on any atom is -0.457 e. The van der Waals surface area contributed by atoms with Crippen molar-refractivity contribution in [3.63, 3.8) is 0 Å². The van der Waals surface area contributed by atoms with E-state index in [0.29, 0.717) is 16.9 Å². The predicted molar refractivity (Wildman–Crippen MR) is 103 cm³/mol. The van der Waals surface area contributed by atoms with E-state index in [0.717, 1.165) is 22.2 Å². The van der Waals surface area contributed by atoms with Crippen LogP contribution in [0.1, 0.15) is 21.5 Å². The van der Waals surface area contributed by atoms with Crippen LogP contribution in [0, 0.1) is 6.92 Å². The summed E-state index contributed by atoms with van der Waals surface area (Å²) in [6.07, 6.45) is 1.66. The summed E-state index contributed by atoms with van der Waals surface area (Å²) in [5.41, 5.74) is 3.09. The number of pyridine rings is 1. The second-order valence-corrected chi connectivity index (χ2v) is 6.08. The van der Waals surface area contributed by atoms with Crippen molar-refractivity contribution in [3.05, 3.63) is 102 Å². The zero-order chi connectivity index (χ0) is 17.9. The fourth-order valence-corrected chi connectivity index (χ4v) is 2.96. The topological polar surface area (TPSA) is 39.2 Å². The van der Waals surface area contributed by atoms with Crippen LogP contribution in [-0.2, 0) is 0 Å². The Kier molecular flexibility index (Phi) is 4.20. The first-order valence-corrected chi connectivity index (χ1v) is 8.44. The monoisotopic (exact) mass is 339 g/mol. The summed E-state index contributed by atoms with van der Waals surface area (Å²) >= 11 is 0. The van der Waals surface area contributed by atoms with E-state index in [2.05, 4.69) is 4.98 Å². The van der Waals surface area contributed by atoms with Gasteiger partial charge in [-0.1, -0.05) is 36.4 Å². The molecular formula is C23H17NO2. The molecule has 3 nitrogen and oxygen atoms in total. The first-order chi connectivity index (χ1) is 12.7. The van der Waals surface area contributed by atoms with Crippen molar-refractivity contribution in [2.24, 2.45) is 0 Å². The molecule has 0 saturated heterocycles. The van der Waals surface area contributed by atoms with Crippen LogP contribution >= 0.6 is 0 Å². The number of rotatable bonds is 4. The lowest BCUT2D eigenvalue weighted by Gasteiger charge is -2.09. The Morgan fingerprint density at radius 1 is 0.808 bits per heavy atom. The number of ether oxygens (including phenoxy) is 1. The summed E-state index contributed by atoms with van der Waals surface area (Å²) in [6.45, 7) is 1.96. The highest BCUT2D eigenvalue weighted by molar-refractivity contribution is 6.11. The lowest BCUT2D eigenvalue weighted by molar-refractivity contribution is 0.103. The molecule has 4 rings (SSSR count). The van der Waals surface area contributed by atoms with E-state index in [1.54, 1.807) is 18.3 Å². The SMILES string of the molecule is Cc1c(C(=O)c2ccc(Oc3ccccc3)cc2)cnc2ccccc12. The molecule has 0 radical (unpaired) electrons. The van der Waals surface area contributed by atoms with E-state index in [9.17, 15) is 4.79 Å². The molecule has 3 aromatic carbocycles. The molecule has 4 aromatic rings. The Labute approximate surface area is 151 Å². The highest BCUT2D eigenvalue weighted by Gasteiger charge is 2.14. The first kappa shape index (κ1) is 16.0. The van der Waals surface area contributed by atoms with E-state index in [1.807, 2.05) is 73.7 Å². The van der Waals surface area contributed by atoms with E-state index in [-0.39, 0.29) is 5.78 Å². The summed E-state index contributed by atoms with van der Waals surface area (Å²) in [4.78, 5) is 17.3. The molecule has 126 valence electrons. The number of nitrogens with zero attached hydrogens (tertiary/aromatic N) is 1. The van der Waals surface area contributed by atoms with Crippen LogP contribution in [0.15, 0.2) is 85.1 Å². The number of fused-ring (bicyclic) bond motifs is 1. The van der Waals surface area contributed by atoms with Crippen LogP contribution in [-0.4, -0.2) is 10.8 Å². The Bertz CT molecular complexity index is 1070. The number of aryl methyl sites for hydroxylation is 1. The molecule has 1 heterocycles. The summed E-state index contributed by atoms with van der Waals surface area (Å²) in [7, 11) is 0. The van der Waals surface area contributed by atoms with E-state index < -0.39 is 0 Å². The number of carbonyl (C=O) groups excluding carboxylic acids is 1. The van der Waals surface area contributed by atoms with Crippen LogP contribution in [0.25, 0.3) is 10.9 Å². The minimum absolute atomic E-state index is 0.0352. The number of para-hydroxylation sites is 2. The maximum atomic E-state index is 12.9. The van der Waals surface area contributed by atoms with Crippen LogP contribution in [0.3, 0.4) is 0 Å². The Balaban J connectivity index is 1.61. The fraction of sp³-hybridized carbons (Fsp3) is 0.0435. The predicted octanol–water partition coefficient (Wildman–Crippen LogP) is 5.57. The molecule has 0 bridgehead atoms. The van der Waals surface area contributed by atoms with Crippen molar-refractivity contribution in [1.82, 2.24) is 4.98 Å². The van der Waals surface area contributed by atoms with Gasteiger partial charge in [-0.15, -0.1) is 0 Å². The lowest BCUT2D eigenvalue weighted by atomic mass is 9.98. The Hall–Kier alpha value is -3.46. The largest absolute Gasteiger partial charge is 0.457 e. The van der Waals surface area contributed by atoms with Gasteiger partial charge in [-0.2, -0.15) is 0 Å². The van der Waals surface area contributed by atoms with E-state index in [1.165, 1.54) is 0 Å². The molecular weight excluding hydrogens is 322 g/mol. The molecule has 0 aliphatic heterocycles. The van der Waals surface area contributed by atoms with Gasteiger partial charge >= 0.3 is 0 Å². The van der Waals surface area contributed by atoms with Crippen molar-refractivity contribution >= 4 is 16.7 Å². The van der Waals surface area contributed by atoms with Crippen molar-refractivity contribution in [2.45, 2.75) is 6.92 Å². The van der Waals surface area contributed by atoms with Gasteiger partial charge in [-0.25, -0.2) is 0 Å². The average molecular weight is 339 g/mol. The highest BCUT2D eigenvalue weighted by Crippen LogP contribution is 2.24. The number of carbonyl (C=O) groups is 1. The number of hydrogen-bond donors (Lipinski definition) is 0. The summed E-state index contributed by atoms with van der Waals surface area (Å²) < 4.78 is 5.78. The molecule has 1 aromatic heterocycles. The van der Waals surface area contributed by atoms with Crippen LogP contribution in [0.2, 0.25) is 0 Å². The minimum atomic E-state index is -0.0352. The van der Waals surface area contributed by atoms with Crippen LogP contribution in [0.5, 0.6) is 11.5 Å². The highest BCUT2D eigenvalue weighted by atomic mass is 16.5. The molecule has 0 atom stereocenters. The third kappa shape index (κ3) is 3.07. The first-order valence-electron chi connectivity index (χ1n) is 8.44. The van der Waals surface area contributed by atoms with Gasteiger partial charge in [-0.3, -0.25) is 9.78 Å². The normalized spacial score (nSPS) is 10.7. The molecule has 0 fully saturated rings. The van der Waals surface area contributed by atoms with Gasteiger partial charge in [0.05, 0.1) is 5.52 Å². The molecule has 3 heteroatoms. The van der Waals surface area contributed by atoms with Crippen LogP contribution in [0.4, 0.5) is 0 Å². The zero-order valence-electron chi connectivity index (χ0n) is 14.3. The van der Waals surface area contributed by atoms with Gasteiger partial charge in [0.2, 0.25) is 0 Å². The summed E-state index contributed by atoms with van der Waals surface area (Å²) in [5, 5.41) is 1.00. The maximum absolute atomic E-state index is 12.9.